The minimum Gasteiger partial charge on any atom is -0.292 e. The molecule has 1 aromatic carbocycles. The van der Waals surface area contributed by atoms with E-state index in [0.29, 0.717) is 10.0 Å². The van der Waals surface area contributed by atoms with E-state index in [9.17, 15) is 14.4 Å². The van der Waals surface area contributed by atoms with Crippen LogP contribution in [0.25, 0.3) is 0 Å². The second-order valence-electron chi connectivity index (χ2n) is 3.77. The van der Waals surface area contributed by atoms with Crippen molar-refractivity contribution in [3.63, 3.8) is 0 Å². The van der Waals surface area contributed by atoms with Crippen LogP contribution in [0.15, 0.2) is 49.0 Å². The lowest BCUT2D eigenvalue weighted by atomic mass is 10.1. The molecule has 5 nitrogen and oxygen atoms in total. The monoisotopic (exact) mass is 386 g/mol. The highest BCUT2D eigenvalue weighted by molar-refractivity contribution is 9.10. The highest BCUT2D eigenvalue weighted by atomic mass is 79.9. The van der Waals surface area contributed by atoms with E-state index < -0.39 is 11.2 Å². The summed E-state index contributed by atoms with van der Waals surface area (Å²) in [5, 5.41) is 0. The number of nitrogens with one attached hydrogen (secondary N) is 1. The number of carbonyl (C=O) groups excluding carboxylic acids is 1. The molecule has 2 aromatic rings. The maximum Gasteiger partial charge on any atom is 0.328 e. The Balaban J connectivity index is 2.35. The van der Waals surface area contributed by atoms with Crippen molar-refractivity contribution < 1.29 is 4.79 Å². The lowest BCUT2D eigenvalue weighted by Gasteiger charge is -2.06. The molecule has 0 spiro atoms. The third-order valence-corrected chi connectivity index (χ3v) is 3.71. The van der Waals surface area contributed by atoms with E-state index in [0.717, 1.165) is 4.57 Å². The standard InChI is InChI=1S/C12H8Br2N2O3/c13-8-4-2-1-3-7(8)10(17)6-16-5-9(14)11(18)15-12(16)19/h1-5H,6H2,(H,15,18,19). The van der Waals surface area contributed by atoms with Crippen LogP contribution in [0.1, 0.15) is 10.4 Å². The fraction of sp³-hybridized carbons (Fsp3) is 0.0833. The zero-order valence-corrected chi connectivity index (χ0v) is 12.7. The van der Waals surface area contributed by atoms with Gasteiger partial charge in [-0.05, 0) is 22.0 Å². The van der Waals surface area contributed by atoms with Crippen molar-refractivity contribution >= 4 is 37.6 Å². The Morgan fingerprint density at radius 2 is 1.84 bits per heavy atom. The Labute approximate surface area is 124 Å². The van der Waals surface area contributed by atoms with Gasteiger partial charge in [0.1, 0.15) is 0 Å². The summed E-state index contributed by atoms with van der Waals surface area (Å²) in [6.07, 6.45) is 1.30. The van der Waals surface area contributed by atoms with Crippen molar-refractivity contribution in [2.45, 2.75) is 6.54 Å². The van der Waals surface area contributed by atoms with Gasteiger partial charge in [-0.2, -0.15) is 0 Å². The third kappa shape index (κ3) is 3.10. The Hall–Kier alpha value is -1.47. The van der Waals surface area contributed by atoms with E-state index >= 15 is 0 Å². The van der Waals surface area contributed by atoms with Gasteiger partial charge in [0.25, 0.3) is 5.56 Å². The number of nitrogens with zero attached hydrogens (tertiary/aromatic N) is 1. The molecule has 1 aromatic heterocycles. The molecule has 0 aliphatic heterocycles. The van der Waals surface area contributed by atoms with Crippen molar-refractivity contribution in [2.75, 3.05) is 0 Å². The molecule has 0 aliphatic carbocycles. The maximum atomic E-state index is 12.1. The van der Waals surface area contributed by atoms with Gasteiger partial charge in [-0.3, -0.25) is 19.1 Å². The Morgan fingerprint density at radius 1 is 1.16 bits per heavy atom. The van der Waals surface area contributed by atoms with Gasteiger partial charge in [0.15, 0.2) is 5.78 Å². The molecular formula is C12H8Br2N2O3. The van der Waals surface area contributed by atoms with Crippen LogP contribution >= 0.6 is 31.9 Å². The molecule has 0 saturated heterocycles. The zero-order valence-electron chi connectivity index (χ0n) is 9.52. The largest absolute Gasteiger partial charge is 0.328 e. The Kier molecular flexibility index (Phi) is 4.16. The highest BCUT2D eigenvalue weighted by Crippen LogP contribution is 2.16. The fourth-order valence-corrected chi connectivity index (χ4v) is 2.38. The SMILES string of the molecule is O=C(Cn1cc(Br)c(=O)[nH]c1=O)c1ccccc1Br. The smallest absolute Gasteiger partial charge is 0.292 e. The predicted molar refractivity (Wildman–Crippen MR) is 77.5 cm³/mol. The molecule has 0 atom stereocenters. The summed E-state index contributed by atoms with van der Waals surface area (Å²) in [4.78, 5) is 37.0. The molecule has 0 saturated carbocycles. The molecule has 0 radical (unpaired) electrons. The highest BCUT2D eigenvalue weighted by Gasteiger charge is 2.12. The van der Waals surface area contributed by atoms with Crippen molar-refractivity contribution in [3.05, 3.63) is 65.8 Å². The number of aromatic nitrogens is 2. The van der Waals surface area contributed by atoms with Crippen LogP contribution in [0.5, 0.6) is 0 Å². The first kappa shape index (κ1) is 14.0. The van der Waals surface area contributed by atoms with Crippen LogP contribution in [0, 0.1) is 0 Å². The number of aromatic amines is 1. The first-order valence-electron chi connectivity index (χ1n) is 5.26. The van der Waals surface area contributed by atoms with Gasteiger partial charge in [-0.25, -0.2) is 4.79 Å². The number of rotatable bonds is 3. The molecule has 1 heterocycles. The molecule has 98 valence electrons. The number of carbonyl (C=O) groups is 1. The van der Waals surface area contributed by atoms with Crippen LogP contribution in [-0.4, -0.2) is 15.3 Å². The molecule has 0 bridgehead atoms. The fourth-order valence-electron chi connectivity index (χ4n) is 1.53. The number of H-pyrrole nitrogens is 1. The first-order chi connectivity index (χ1) is 8.99. The summed E-state index contributed by atoms with van der Waals surface area (Å²) in [5.41, 5.74) is -0.653. The van der Waals surface area contributed by atoms with E-state index in [1.54, 1.807) is 24.3 Å². The van der Waals surface area contributed by atoms with E-state index in [2.05, 4.69) is 36.8 Å². The number of ketones is 1. The zero-order chi connectivity index (χ0) is 14.0. The minimum atomic E-state index is -0.617. The summed E-state index contributed by atoms with van der Waals surface area (Å²) < 4.78 is 2.01. The van der Waals surface area contributed by atoms with Gasteiger partial charge >= 0.3 is 5.69 Å². The predicted octanol–water partition coefficient (Wildman–Crippen LogP) is 1.94. The number of hydrogen-bond donors (Lipinski definition) is 1. The van der Waals surface area contributed by atoms with E-state index in [1.807, 2.05) is 0 Å². The summed E-state index contributed by atoms with van der Waals surface area (Å²) in [6.45, 7) is -0.142. The molecule has 2 rings (SSSR count). The van der Waals surface area contributed by atoms with Gasteiger partial charge in [0.2, 0.25) is 0 Å². The Morgan fingerprint density at radius 3 is 2.53 bits per heavy atom. The second-order valence-corrected chi connectivity index (χ2v) is 5.48. The second kappa shape index (κ2) is 5.66. The van der Waals surface area contributed by atoms with Crippen LogP contribution in [0.2, 0.25) is 0 Å². The number of benzene rings is 1. The van der Waals surface area contributed by atoms with Gasteiger partial charge in [-0.1, -0.05) is 34.1 Å². The average Bonchev–Trinajstić information content (AvgIpc) is 2.36. The molecular weight excluding hydrogens is 380 g/mol. The summed E-state index contributed by atoms with van der Waals surface area (Å²) in [5.74, 6) is -0.228. The third-order valence-electron chi connectivity index (χ3n) is 2.46. The van der Waals surface area contributed by atoms with Gasteiger partial charge in [0, 0.05) is 16.2 Å². The average molecular weight is 388 g/mol. The van der Waals surface area contributed by atoms with Crippen LogP contribution in [-0.2, 0) is 6.54 Å². The van der Waals surface area contributed by atoms with Crippen molar-refractivity contribution in [1.82, 2.24) is 9.55 Å². The number of hydrogen-bond acceptors (Lipinski definition) is 3. The molecule has 0 aliphatic rings. The minimum absolute atomic E-state index is 0.142. The number of Topliss-reactive ketones (excluding diaryl/α,β-unsaturated/α-hetero) is 1. The normalized spacial score (nSPS) is 10.4. The van der Waals surface area contributed by atoms with E-state index in [-0.39, 0.29) is 16.8 Å². The quantitative estimate of drug-likeness (QED) is 0.818. The van der Waals surface area contributed by atoms with Gasteiger partial charge < -0.3 is 0 Å². The van der Waals surface area contributed by atoms with E-state index in [4.69, 9.17) is 0 Å². The van der Waals surface area contributed by atoms with Gasteiger partial charge in [0.05, 0.1) is 11.0 Å². The van der Waals surface area contributed by atoms with Crippen LogP contribution in [0.3, 0.4) is 0 Å². The van der Waals surface area contributed by atoms with Crippen molar-refractivity contribution in [3.8, 4) is 0 Å². The molecule has 0 amide bonds. The Bertz CT molecular complexity index is 749. The van der Waals surface area contributed by atoms with E-state index in [1.165, 1.54) is 6.20 Å². The molecule has 1 N–H and O–H groups in total. The first-order valence-corrected chi connectivity index (χ1v) is 6.84. The van der Waals surface area contributed by atoms with Crippen molar-refractivity contribution in [2.24, 2.45) is 0 Å². The summed E-state index contributed by atoms with van der Waals surface area (Å²) >= 11 is 6.30. The maximum absolute atomic E-state index is 12.1. The lowest BCUT2D eigenvalue weighted by Crippen LogP contribution is -2.32. The summed E-state index contributed by atoms with van der Waals surface area (Å²) in [6, 6.07) is 6.95. The number of halogens is 2. The molecule has 0 unspecified atom stereocenters. The summed E-state index contributed by atoms with van der Waals surface area (Å²) in [7, 11) is 0. The van der Waals surface area contributed by atoms with Crippen molar-refractivity contribution in [1.29, 1.82) is 0 Å². The topological polar surface area (TPSA) is 71.9 Å². The molecule has 7 heteroatoms. The van der Waals surface area contributed by atoms with Gasteiger partial charge in [-0.15, -0.1) is 0 Å². The van der Waals surface area contributed by atoms with Crippen LogP contribution in [0.4, 0.5) is 0 Å². The van der Waals surface area contributed by atoms with Crippen LogP contribution < -0.4 is 11.2 Å². The molecule has 0 fully saturated rings. The lowest BCUT2D eigenvalue weighted by molar-refractivity contribution is 0.0969. The molecule has 19 heavy (non-hydrogen) atoms.